The zero-order chi connectivity index (χ0) is 50.1. The van der Waals surface area contributed by atoms with E-state index in [0.29, 0.717) is 56.0 Å². The van der Waals surface area contributed by atoms with Crippen LogP contribution in [0.4, 0.5) is 0 Å². The lowest BCUT2D eigenvalue weighted by molar-refractivity contribution is -0.163. The van der Waals surface area contributed by atoms with Crippen LogP contribution in [-0.2, 0) is 45.5 Å². The number of carbonyl (C=O) groups excluding carboxylic acids is 1. The number of fused-ring (bicyclic) bond motifs is 1. The van der Waals surface area contributed by atoms with Crippen molar-refractivity contribution in [2.45, 2.75) is 110 Å². The lowest BCUT2D eigenvalue weighted by atomic mass is 9.91. The molecule has 0 amide bonds. The Kier molecular flexibility index (Phi) is 18.4. The molecule has 0 bridgehead atoms. The molecule has 18 heteroatoms. The summed E-state index contributed by atoms with van der Waals surface area (Å²) in [5, 5.41) is 11.6. The molecule has 2 aromatic heterocycles. The van der Waals surface area contributed by atoms with Crippen LogP contribution in [0, 0.1) is 13.8 Å². The van der Waals surface area contributed by atoms with Gasteiger partial charge in [-0.3, -0.25) is 4.18 Å². The lowest BCUT2D eigenvalue weighted by Gasteiger charge is -2.25. The van der Waals surface area contributed by atoms with E-state index in [2.05, 4.69) is 37.3 Å². The molecule has 372 valence electrons. The number of phenolic OH excluding ortho intramolecular Hbond substituents is 1. The van der Waals surface area contributed by atoms with Gasteiger partial charge in [-0.1, -0.05) is 85.3 Å². The van der Waals surface area contributed by atoms with Gasteiger partial charge in [0.05, 0.1) is 28.6 Å². The molecule has 1 aliphatic rings. The Hall–Kier alpha value is -4.52. The van der Waals surface area contributed by atoms with Gasteiger partial charge in [0.2, 0.25) is 12.0 Å². The van der Waals surface area contributed by atoms with E-state index >= 15 is 0 Å². The van der Waals surface area contributed by atoms with Gasteiger partial charge in [-0.05, 0) is 106 Å². The smallest absolute Gasteiger partial charge is 0.348 e. The molecule has 0 unspecified atom stereocenters. The molecule has 0 fully saturated rings. The van der Waals surface area contributed by atoms with E-state index < -0.39 is 42.0 Å². The van der Waals surface area contributed by atoms with Gasteiger partial charge in [-0.2, -0.15) is 8.42 Å². The highest BCUT2D eigenvalue weighted by Gasteiger charge is 2.34. The third-order valence-electron chi connectivity index (χ3n) is 11.0. The van der Waals surface area contributed by atoms with Crippen LogP contribution >= 0.6 is 34.5 Å². The fourth-order valence-electron chi connectivity index (χ4n) is 7.60. The molecule has 0 saturated heterocycles. The van der Waals surface area contributed by atoms with Crippen molar-refractivity contribution < 1.29 is 50.9 Å². The van der Waals surface area contributed by atoms with Crippen molar-refractivity contribution in [2.24, 2.45) is 0 Å². The average Bonchev–Trinajstić information content (AvgIpc) is 3.95. The monoisotopic (exact) mass is 1040 g/mol. The zero-order valence-electron chi connectivity index (χ0n) is 40.5. The Morgan fingerprint density at radius 2 is 1.71 bits per heavy atom. The zero-order valence-corrected chi connectivity index (χ0v) is 44.6. The van der Waals surface area contributed by atoms with Crippen molar-refractivity contribution in [3.05, 3.63) is 111 Å². The number of rotatable bonds is 24. The number of halogens is 2. The summed E-state index contributed by atoms with van der Waals surface area (Å²) < 4.78 is 68.4. The number of ether oxygens (including phenoxy) is 6. The van der Waals surface area contributed by atoms with Crippen molar-refractivity contribution in [1.29, 1.82) is 0 Å². The second-order valence-corrected chi connectivity index (χ2v) is 28.0. The average molecular weight is 1040 g/mol. The van der Waals surface area contributed by atoms with Crippen molar-refractivity contribution >= 4 is 74.5 Å². The summed E-state index contributed by atoms with van der Waals surface area (Å²) in [6.45, 7) is 19.8. The first kappa shape index (κ1) is 53.8. The van der Waals surface area contributed by atoms with Crippen LogP contribution in [0.3, 0.4) is 0 Å². The number of phenols is 1. The maximum Gasteiger partial charge on any atom is 0.348 e. The van der Waals surface area contributed by atoms with Gasteiger partial charge in [-0.25, -0.2) is 14.8 Å². The molecule has 0 aliphatic heterocycles. The van der Waals surface area contributed by atoms with E-state index in [-0.39, 0.29) is 66.2 Å². The third-order valence-corrected chi connectivity index (χ3v) is 15.9. The van der Waals surface area contributed by atoms with Gasteiger partial charge in [-0.15, -0.1) is 17.9 Å². The molecule has 0 radical (unpaired) electrons. The summed E-state index contributed by atoms with van der Waals surface area (Å²) in [5.74, 6) is -0.369. The third kappa shape index (κ3) is 14.8. The van der Waals surface area contributed by atoms with E-state index in [0.717, 1.165) is 35.8 Å². The molecule has 1 N–H and O–H groups in total. The van der Waals surface area contributed by atoms with Crippen LogP contribution in [0.15, 0.2) is 73.6 Å². The van der Waals surface area contributed by atoms with Crippen molar-refractivity contribution in [3.8, 4) is 34.3 Å². The predicted molar refractivity (Wildman–Crippen MR) is 276 cm³/mol. The highest BCUT2D eigenvalue weighted by atomic mass is 35.5. The molecule has 1 aliphatic carbocycles. The summed E-state index contributed by atoms with van der Waals surface area (Å²) in [5.41, 5.74) is 3.89. The first-order valence-corrected chi connectivity index (χ1v) is 29.6. The number of aromatic nitrogens is 2. The van der Waals surface area contributed by atoms with Gasteiger partial charge >= 0.3 is 5.97 Å². The highest BCUT2D eigenvalue weighted by Crippen LogP contribution is 2.53. The maximum atomic E-state index is 14.2. The first-order chi connectivity index (χ1) is 32.6. The van der Waals surface area contributed by atoms with Gasteiger partial charge in [0.25, 0.3) is 10.1 Å². The van der Waals surface area contributed by atoms with Gasteiger partial charge in [0.1, 0.15) is 46.7 Å². The number of thiophene rings is 1. The number of aromatic hydroxyl groups is 1. The minimum absolute atomic E-state index is 0.0223. The van der Waals surface area contributed by atoms with Gasteiger partial charge in [0.15, 0.2) is 12.5 Å². The molecular formula is C51H62Cl2N2O11S2Si. The fraction of sp³-hybridized carbons (Fsp3) is 0.431. The van der Waals surface area contributed by atoms with E-state index in [9.17, 15) is 18.3 Å². The molecular weight excluding hydrogens is 980 g/mol. The molecule has 13 nitrogen and oxygen atoms in total. The first-order valence-electron chi connectivity index (χ1n) is 22.8. The second-order valence-electron chi connectivity index (χ2n) is 19.0. The largest absolute Gasteiger partial charge is 0.508 e. The molecule has 3 aromatic carbocycles. The minimum atomic E-state index is -4.02. The molecule has 69 heavy (non-hydrogen) atoms. The normalized spacial score (nSPS) is 14.1. The topological polar surface area (TPSA) is 162 Å². The molecule has 2 heterocycles. The Balaban J connectivity index is 1.40. The summed E-state index contributed by atoms with van der Waals surface area (Å²) >= 11 is 16.0. The summed E-state index contributed by atoms with van der Waals surface area (Å²) in [6.07, 6.45) is 5.54. The SMILES string of the molecule is C=CCOC[C@H](COS(=O)(=O)Cc1ccccc1)Oc1c(Cl)c(C)c(-c2c(C3=CCCC3)sc3ncnc(O[C@H](Cc4cc(O)ccc4OCOCC[Si](C)(C)C)C(=O)OC(C)(C)C)c23)c(C)c1Cl. The molecule has 0 spiro atoms. The van der Waals surface area contributed by atoms with Crippen LogP contribution in [0.1, 0.15) is 67.2 Å². The molecule has 5 aromatic rings. The second kappa shape index (κ2) is 23.6. The van der Waals surface area contributed by atoms with Crippen molar-refractivity contribution in [1.82, 2.24) is 9.97 Å². The van der Waals surface area contributed by atoms with Crippen molar-refractivity contribution in [3.63, 3.8) is 0 Å². The Morgan fingerprint density at radius 3 is 2.36 bits per heavy atom. The predicted octanol–water partition coefficient (Wildman–Crippen LogP) is 12.1. The Morgan fingerprint density at radius 1 is 0.986 bits per heavy atom. The van der Waals surface area contributed by atoms with Crippen LogP contribution in [0.25, 0.3) is 26.9 Å². The summed E-state index contributed by atoms with van der Waals surface area (Å²) in [4.78, 5) is 25.1. The molecule has 6 rings (SSSR count). The van der Waals surface area contributed by atoms with Crippen LogP contribution in [-0.4, -0.2) is 88.6 Å². The molecule has 2 atom stereocenters. The van der Waals surface area contributed by atoms with E-state index in [1.807, 2.05) is 13.8 Å². The number of benzene rings is 3. The van der Waals surface area contributed by atoms with Crippen molar-refractivity contribution in [2.75, 3.05) is 33.2 Å². The standard InChI is InChI=1S/C51H62Cl2N2O11S2Si/c1-10-22-60-27-38(28-63-68(58,59)29-34-16-12-11-13-17-34)64-46-44(52)32(2)41(33(3)45(46)53)42-43-48(54-30-55-49(43)67-47(42)35-18-14-15-19-35)65-40(50(57)66-51(4,5)6)26-36-25-37(56)20-21-39(36)62-31-61-23-24-69(7,8)9/h10-13,16-18,20-21,25,30,38,40,56H,1,14-15,19,22-24,26-29,31H2,2-9H3/t38-,40-/m1/s1. The highest BCUT2D eigenvalue weighted by molar-refractivity contribution is 7.85. The van der Waals surface area contributed by atoms with Crippen LogP contribution in [0.2, 0.25) is 35.7 Å². The Labute approximate surface area is 420 Å². The van der Waals surface area contributed by atoms with Crippen LogP contribution in [0.5, 0.6) is 23.1 Å². The van der Waals surface area contributed by atoms with E-state index in [1.165, 1.54) is 29.8 Å². The summed E-state index contributed by atoms with van der Waals surface area (Å²) in [6, 6.07) is 14.4. The van der Waals surface area contributed by atoms with Gasteiger partial charge in [0, 0.05) is 37.1 Å². The number of allylic oxidation sites excluding steroid dienone is 2. The summed E-state index contributed by atoms with van der Waals surface area (Å²) in [7, 11) is -5.35. The maximum absolute atomic E-state index is 14.2. The van der Waals surface area contributed by atoms with E-state index in [4.69, 9.17) is 60.8 Å². The lowest BCUT2D eigenvalue weighted by Crippen LogP contribution is -2.37. The minimum Gasteiger partial charge on any atom is -0.508 e. The fourth-order valence-corrected chi connectivity index (χ4v) is 11.1. The number of hydrogen-bond acceptors (Lipinski definition) is 14. The number of nitrogens with zero attached hydrogens (tertiary/aromatic N) is 2. The Bertz CT molecular complexity index is 2730. The van der Waals surface area contributed by atoms with Gasteiger partial charge < -0.3 is 33.5 Å². The van der Waals surface area contributed by atoms with Crippen LogP contribution < -0.4 is 14.2 Å². The van der Waals surface area contributed by atoms with E-state index in [1.54, 1.807) is 63.2 Å². The number of hydrogen-bond donors (Lipinski definition) is 1. The molecule has 0 saturated carbocycles. The number of carbonyl (C=O) groups is 1. The number of esters is 1. The quantitative estimate of drug-likeness (QED) is 0.0155.